The fourth-order valence-electron chi connectivity index (χ4n) is 3.84. The summed E-state index contributed by atoms with van der Waals surface area (Å²) >= 11 is 0. The molecule has 1 heterocycles. The molecular formula is C19H21N3O2. The number of fused-ring (bicyclic) bond motifs is 2. The van der Waals surface area contributed by atoms with Gasteiger partial charge in [-0.2, -0.15) is 5.10 Å². The number of carbonyl (C=O) groups excluding carboxylic acids is 2. The van der Waals surface area contributed by atoms with Gasteiger partial charge < -0.3 is 5.32 Å². The van der Waals surface area contributed by atoms with E-state index >= 15 is 0 Å². The number of nitrogens with one attached hydrogen (secondary N) is 2. The minimum atomic E-state index is -0.119. The van der Waals surface area contributed by atoms with E-state index in [9.17, 15) is 9.59 Å². The Morgan fingerprint density at radius 1 is 1.08 bits per heavy atom. The Kier molecular flexibility index (Phi) is 3.92. The molecule has 5 heteroatoms. The highest BCUT2D eigenvalue weighted by atomic mass is 16.1. The van der Waals surface area contributed by atoms with Crippen molar-refractivity contribution < 1.29 is 9.59 Å². The van der Waals surface area contributed by atoms with E-state index in [0.717, 1.165) is 24.1 Å². The van der Waals surface area contributed by atoms with Crippen molar-refractivity contribution in [1.82, 2.24) is 15.5 Å². The van der Waals surface area contributed by atoms with Gasteiger partial charge in [0.15, 0.2) is 5.78 Å². The summed E-state index contributed by atoms with van der Waals surface area (Å²) in [7, 11) is 0. The third kappa shape index (κ3) is 2.64. The third-order valence-electron chi connectivity index (χ3n) is 5.13. The number of amides is 1. The number of carbonyl (C=O) groups is 2. The van der Waals surface area contributed by atoms with E-state index in [2.05, 4.69) is 15.5 Å². The van der Waals surface area contributed by atoms with Crippen LogP contribution >= 0.6 is 0 Å². The zero-order valence-corrected chi connectivity index (χ0v) is 13.7. The molecule has 5 nitrogen and oxygen atoms in total. The van der Waals surface area contributed by atoms with Crippen LogP contribution in [-0.2, 0) is 25.8 Å². The average Bonchev–Trinajstić information content (AvgIpc) is 3.08. The van der Waals surface area contributed by atoms with Gasteiger partial charge in [0, 0.05) is 23.2 Å². The smallest absolute Gasteiger partial charge is 0.251 e. The van der Waals surface area contributed by atoms with Gasteiger partial charge in [-0.25, -0.2) is 0 Å². The second kappa shape index (κ2) is 6.23. The number of hydrogen-bond acceptors (Lipinski definition) is 3. The van der Waals surface area contributed by atoms with Gasteiger partial charge in [0.2, 0.25) is 0 Å². The highest BCUT2D eigenvalue weighted by molar-refractivity contribution is 6.05. The fraction of sp³-hybridized carbons (Fsp3) is 0.421. The number of Topliss-reactive ketones (excluding diaryl/α,β-unsaturated/α-hetero) is 1. The first-order chi connectivity index (χ1) is 11.7. The van der Waals surface area contributed by atoms with Crippen LogP contribution < -0.4 is 5.32 Å². The maximum absolute atomic E-state index is 12.6. The molecule has 1 aromatic carbocycles. The molecule has 0 atom stereocenters. The molecule has 0 saturated heterocycles. The highest BCUT2D eigenvalue weighted by Crippen LogP contribution is 2.26. The standard InChI is InChI=1S/C19H21N3O2/c23-18-10-9-12-13(18)6-4-7-14(12)19(24)20-11-17-15-5-2-1-3-8-16(15)21-22-17/h4,6-7H,1-3,5,8-11H2,(H,20,24)(H,21,22). The largest absolute Gasteiger partial charge is 0.346 e. The van der Waals surface area contributed by atoms with Crippen molar-refractivity contribution in [2.45, 2.75) is 51.5 Å². The van der Waals surface area contributed by atoms with Gasteiger partial charge in [-0.1, -0.05) is 18.6 Å². The monoisotopic (exact) mass is 323 g/mol. The third-order valence-corrected chi connectivity index (χ3v) is 5.13. The number of hydrogen-bond donors (Lipinski definition) is 2. The zero-order valence-electron chi connectivity index (χ0n) is 13.7. The summed E-state index contributed by atoms with van der Waals surface area (Å²) in [4.78, 5) is 24.4. The Morgan fingerprint density at radius 2 is 1.96 bits per heavy atom. The Bertz CT molecular complexity index is 807. The summed E-state index contributed by atoms with van der Waals surface area (Å²) in [5.74, 6) is 0.0178. The zero-order chi connectivity index (χ0) is 16.5. The van der Waals surface area contributed by atoms with Gasteiger partial charge in [0.25, 0.3) is 5.91 Å². The van der Waals surface area contributed by atoms with Crippen LogP contribution in [0.4, 0.5) is 0 Å². The molecule has 124 valence electrons. The van der Waals surface area contributed by atoms with Crippen LogP contribution in [0.1, 0.15) is 68.9 Å². The fourth-order valence-corrected chi connectivity index (χ4v) is 3.84. The first kappa shape index (κ1) is 15.1. The Morgan fingerprint density at radius 3 is 2.88 bits per heavy atom. The first-order valence-electron chi connectivity index (χ1n) is 8.72. The Balaban J connectivity index is 1.50. The topological polar surface area (TPSA) is 74.8 Å². The summed E-state index contributed by atoms with van der Waals surface area (Å²) in [5.41, 5.74) is 5.67. The van der Waals surface area contributed by atoms with Crippen molar-refractivity contribution in [3.05, 3.63) is 51.8 Å². The number of benzene rings is 1. The molecule has 2 aliphatic carbocycles. The molecule has 1 amide bonds. The number of aromatic nitrogens is 2. The van der Waals surface area contributed by atoms with Crippen molar-refractivity contribution in [3.8, 4) is 0 Å². The van der Waals surface area contributed by atoms with Crippen molar-refractivity contribution >= 4 is 11.7 Å². The average molecular weight is 323 g/mol. The van der Waals surface area contributed by atoms with E-state index in [1.807, 2.05) is 6.07 Å². The summed E-state index contributed by atoms with van der Waals surface area (Å²) < 4.78 is 0. The molecule has 0 saturated carbocycles. The molecule has 2 aromatic rings. The number of H-pyrrole nitrogens is 1. The minimum absolute atomic E-state index is 0.119. The van der Waals surface area contributed by atoms with Crippen molar-refractivity contribution in [3.63, 3.8) is 0 Å². The molecule has 4 rings (SSSR count). The van der Waals surface area contributed by atoms with Gasteiger partial charge in [0.1, 0.15) is 0 Å². The van der Waals surface area contributed by atoms with Crippen LogP contribution in [-0.4, -0.2) is 21.9 Å². The Labute approximate surface area is 140 Å². The van der Waals surface area contributed by atoms with Crippen molar-refractivity contribution in [1.29, 1.82) is 0 Å². The van der Waals surface area contributed by atoms with Crippen LogP contribution in [0.2, 0.25) is 0 Å². The van der Waals surface area contributed by atoms with E-state index in [-0.39, 0.29) is 11.7 Å². The molecule has 0 bridgehead atoms. The van der Waals surface area contributed by atoms with Gasteiger partial charge in [0.05, 0.1) is 12.2 Å². The Hall–Kier alpha value is -2.43. The van der Waals surface area contributed by atoms with E-state index in [4.69, 9.17) is 0 Å². The molecule has 0 spiro atoms. The lowest BCUT2D eigenvalue weighted by molar-refractivity contribution is 0.0948. The quantitative estimate of drug-likeness (QED) is 0.853. The van der Waals surface area contributed by atoms with Gasteiger partial charge >= 0.3 is 0 Å². The molecule has 2 aliphatic rings. The van der Waals surface area contributed by atoms with Crippen LogP contribution in [0.25, 0.3) is 0 Å². The molecule has 0 unspecified atom stereocenters. The highest BCUT2D eigenvalue weighted by Gasteiger charge is 2.24. The minimum Gasteiger partial charge on any atom is -0.346 e. The number of aryl methyl sites for hydroxylation is 1. The van der Waals surface area contributed by atoms with E-state index in [1.165, 1.54) is 30.5 Å². The lowest BCUT2D eigenvalue weighted by atomic mass is 10.0. The summed E-state index contributed by atoms with van der Waals surface area (Å²) in [6, 6.07) is 5.41. The summed E-state index contributed by atoms with van der Waals surface area (Å²) in [5, 5.41) is 10.5. The number of aromatic amines is 1. The van der Waals surface area contributed by atoms with E-state index in [1.54, 1.807) is 12.1 Å². The lowest BCUT2D eigenvalue weighted by Gasteiger charge is -2.09. The maximum Gasteiger partial charge on any atom is 0.251 e. The molecule has 2 N–H and O–H groups in total. The second-order valence-corrected chi connectivity index (χ2v) is 6.63. The van der Waals surface area contributed by atoms with Crippen LogP contribution in [0.3, 0.4) is 0 Å². The molecule has 24 heavy (non-hydrogen) atoms. The van der Waals surface area contributed by atoms with Gasteiger partial charge in [-0.05, 0) is 49.3 Å². The van der Waals surface area contributed by atoms with Crippen LogP contribution in [0.5, 0.6) is 0 Å². The first-order valence-corrected chi connectivity index (χ1v) is 8.72. The molecule has 0 fully saturated rings. The van der Waals surface area contributed by atoms with E-state index in [0.29, 0.717) is 30.5 Å². The molecule has 0 aliphatic heterocycles. The van der Waals surface area contributed by atoms with Crippen LogP contribution in [0.15, 0.2) is 18.2 Å². The van der Waals surface area contributed by atoms with Crippen molar-refractivity contribution in [2.24, 2.45) is 0 Å². The lowest BCUT2D eigenvalue weighted by Crippen LogP contribution is -2.24. The SMILES string of the molecule is O=C1CCc2c1cccc2C(=O)NCc1n[nH]c2c1CCCCC2. The second-order valence-electron chi connectivity index (χ2n) is 6.63. The number of rotatable bonds is 3. The molecule has 1 aromatic heterocycles. The van der Waals surface area contributed by atoms with Gasteiger partial charge in [-0.3, -0.25) is 14.7 Å². The molecule has 0 radical (unpaired) electrons. The number of nitrogens with zero attached hydrogens (tertiary/aromatic N) is 1. The normalized spacial score (nSPS) is 16.4. The van der Waals surface area contributed by atoms with Crippen LogP contribution in [0, 0.1) is 0 Å². The summed E-state index contributed by atoms with van der Waals surface area (Å²) in [6.45, 7) is 0.433. The summed E-state index contributed by atoms with van der Waals surface area (Å²) in [6.07, 6.45) is 6.88. The maximum atomic E-state index is 12.6. The predicted octanol–water partition coefficient (Wildman–Crippen LogP) is 2.74. The van der Waals surface area contributed by atoms with Gasteiger partial charge in [-0.15, -0.1) is 0 Å². The number of ketones is 1. The predicted molar refractivity (Wildman–Crippen MR) is 90.1 cm³/mol. The molecular weight excluding hydrogens is 302 g/mol. The van der Waals surface area contributed by atoms with Crippen molar-refractivity contribution in [2.75, 3.05) is 0 Å². The van der Waals surface area contributed by atoms with E-state index < -0.39 is 0 Å².